The minimum Gasteiger partial charge on any atom is -0.462 e. The third kappa shape index (κ3) is 5.41. The molecular formula is C24H28F3N5O4S. The molecule has 0 spiro atoms. The summed E-state index contributed by atoms with van der Waals surface area (Å²) in [7, 11) is -3.44. The summed E-state index contributed by atoms with van der Waals surface area (Å²) in [6.45, 7) is 6.10. The molecule has 0 saturated heterocycles. The van der Waals surface area contributed by atoms with Gasteiger partial charge in [0.05, 0.1) is 28.6 Å². The number of halogens is 3. The fourth-order valence-corrected chi connectivity index (χ4v) is 5.09. The first kappa shape index (κ1) is 26.8. The molecule has 3 aromatic rings. The zero-order chi connectivity index (χ0) is 27.1. The van der Waals surface area contributed by atoms with Crippen molar-refractivity contribution in [2.45, 2.75) is 57.3 Å². The van der Waals surface area contributed by atoms with E-state index in [0.29, 0.717) is 35.7 Å². The molecule has 0 bridgehead atoms. The van der Waals surface area contributed by atoms with Gasteiger partial charge >= 0.3 is 12.1 Å². The molecule has 0 amide bonds. The number of alkyl halides is 3. The van der Waals surface area contributed by atoms with Crippen molar-refractivity contribution in [3.63, 3.8) is 0 Å². The summed E-state index contributed by atoms with van der Waals surface area (Å²) in [5.41, 5.74) is -0.861. The van der Waals surface area contributed by atoms with Crippen LogP contribution in [0, 0.1) is 5.92 Å². The molecule has 3 heterocycles. The highest BCUT2D eigenvalue weighted by molar-refractivity contribution is 7.90. The number of hydrogen-bond acceptors (Lipinski definition) is 8. The highest BCUT2D eigenvalue weighted by Crippen LogP contribution is 2.37. The Labute approximate surface area is 212 Å². The molecule has 1 unspecified atom stereocenters. The molecule has 200 valence electrons. The molecule has 9 nitrogen and oxygen atoms in total. The molecule has 13 heteroatoms. The summed E-state index contributed by atoms with van der Waals surface area (Å²) in [6, 6.07) is 4.24. The normalized spacial score (nSPS) is 16.3. The standard InChI is InChI=1S/C24H28F3N5O4S/c1-5-36-22(33)16-13-28-23(30-20(16)24(25,26)27)32-11-10-31-19-12-15(37(4,34)35)7-8-17(19)29-21(31)18(32)9-6-14(2)3/h7-8,12-14,18H,5-6,9-11H2,1-4H3. The number of rotatable bonds is 7. The van der Waals surface area contributed by atoms with Crippen molar-refractivity contribution in [2.24, 2.45) is 5.92 Å². The van der Waals surface area contributed by atoms with E-state index in [0.717, 1.165) is 18.9 Å². The molecule has 1 aliphatic rings. The van der Waals surface area contributed by atoms with Gasteiger partial charge in [0.15, 0.2) is 15.5 Å². The van der Waals surface area contributed by atoms with Crippen LogP contribution in [0.15, 0.2) is 29.3 Å². The number of sulfone groups is 1. The maximum atomic E-state index is 13.9. The van der Waals surface area contributed by atoms with E-state index in [1.165, 1.54) is 13.0 Å². The topological polar surface area (TPSA) is 107 Å². The Morgan fingerprint density at radius 2 is 1.95 bits per heavy atom. The van der Waals surface area contributed by atoms with Crippen molar-refractivity contribution in [1.82, 2.24) is 19.5 Å². The summed E-state index contributed by atoms with van der Waals surface area (Å²) in [5.74, 6) is -0.389. The van der Waals surface area contributed by atoms with E-state index >= 15 is 0 Å². The van der Waals surface area contributed by atoms with Crippen LogP contribution in [0.1, 0.15) is 61.5 Å². The van der Waals surface area contributed by atoms with E-state index in [-0.39, 0.29) is 24.0 Å². The molecule has 1 aliphatic heterocycles. The number of carbonyl (C=O) groups is 1. The predicted octanol–water partition coefficient (Wildman–Crippen LogP) is 4.42. The van der Waals surface area contributed by atoms with Crippen molar-refractivity contribution in [3.05, 3.63) is 41.5 Å². The first-order chi connectivity index (χ1) is 17.3. The largest absolute Gasteiger partial charge is 0.462 e. The van der Waals surface area contributed by atoms with Crippen LogP contribution in [0.5, 0.6) is 0 Å². The zero-order valence-corrected chi connectivity index (χ0v) is 21.7. The summed E-state index contributed by atoms with van der Waals surface area (Å²) in [4.78, 5) is 26.6. The lowest BCUT2D eigenvalue weighted by molar-refractivity contribution is -0.141. The molecule has 2 aromatic heterocycles. The number of esters is 1. The van der Waals surface area contributed by atoms with Crippen LogP contribution in [0.2, 0.25) is 0 Å². The minimum atomic E-state index is -4.89. The molecule has 1 aromatic carbocycles. The molecule has 0 N–H and O–H groups in total. The first-order valence-electron chi connectivity index (χ1n) is 11.9. The van der Waals surface area contributed by atoms with Gasteiger partial charge in [0.1, 0.15) is 11.4 Å². The number of hydrogen-bond donors (Lipinski definition) is 0. The quantitative estimate of drug-likeness (QED) is 0.406. The number of ether oxygens (including phenoxy) is 1. The molecular weight excluding hydrogens is 511 g/mol. The number of anilines is 1. The van der Waals surface area contributed by atoms with Crippen LogP contribution < -0.4 is 4.90 Å². The van der Waals surface area contributed by atoms with Crippen LogP contribution in [0.3, 0.4) is 0 Å². The van der Waals surface area contributed by atoms with Gasteiger partial charge in [-0.1, -0.05) is 13.8 Å². The monoisotopic (exact) mass is 539 g/mol. The SMILES string of the molecule is CCOC(=O)c1cnc(N2CCn3c(nc4ccc(S(C)(=O)=O)cc43)C2CCC(C)C)nc1C(F)(F)F. The smallest absolute Gasteiger partial charge is 0.434 e. The molecule has 37 heavy (non-hydrogen) atoms. The predicted molar refractivity (Wildman–Crippen MR) is 130 cm³/mol. The third-order valence-corrected chi connectivity index (χ3v) is 7.34. The van der Waals surface area contributed by atoms with E-state index in [1.54, 1.807) is 17.0 Å². The Morgan fingerprint density at radius 1 is 1.22 bits per heavy atom. The number of fused-ring (bicyclic) bond motifs is 3. The van der Waals surface area contributed by atoms with Crippen molar-refractivity contribution >= 4 is 32.8 Å². The second-order valence-corrected chi connectivity index (χ2v) is 11.4. The molecule has 0 radical (unpaired) electrons. The Bertz CT molecular complexity index is 1440. The summed E-state index contributed by atoms with van der Waals surface area (Å²) in [6.07, 6.45) is -1.59. The molecule has 1 atom stereocenters. The lowest BCUT2D eigenvalue weighted by Crippen LogP contribution is -2.40. The van der Waals surface area contributed by atoms with Gasteiger partial charge in [-0.2, -0.15) is 13.2 Å². The summed E-state index contributed by atoms with van der Waals surface area (Å²) in [5, 5.41) is 0. The maximum Gasteiger partial charge on any atom is 0.434 e. The van der Waals surface area contributed by atoms with Crippen LogP contribution in [-0.4, -0.2) is 53.3 Å². The first-order valence-corrected chi connectivity index (χ1v) is 13.8. The van der Waals surface area contributed by atoms with E-state index in [4.69, 9.17) is 9.72 Å². The Morgan fingerprint density at radius 3 is 2.57 bits per heavy atom. The molecule has 0 aliphatic carbocycles. The number of imidazole rings is 1. The Kier molecular flexibility index (Phi) is 7.19. The van der Waals surface area contributed by atoms with E-state index < -0.39 is 39.3 Å². The summed E-state index contributed by atoms with van der Waals surface area (Å²) >= 11 is 0. The average molecular weight is 540 g/mol. The van der Waals surface area contributed by atoms with Gasteiger partial charge in [-0.3, -0.25) is 0 Å². The summed E-state index contributed by atoms with van der Waals surface area (Å²) < 4.78 is 72.5. The zero-order valence-electron chi connectivity index (χ0n) is 20.9. The van der Waals surface area contributed by atoms with E-state index in [1.807, 2.05) is 18.4 Å². The minimum absolute atomic E-state index is 0.0848. The number of carbonyl (C=O) groups excluding carboxylic acids is 1. The van der Waals surface area contributed by atoms with Crippen molar-refractivity contribution in [2.75, 3.05) is 24.3 Å². The van der Waals surface area contributed by atoms with Gasteiger partial charge in [0.25, 0.3) is 0 Å². The van der Waals surface area contributed by atoms with Gasteiger partial charge in [-0.05, 0) is 43.9 Å². The maximum absolute atomic E-state index is 13.9. The van der Waals surface area contributed by atoms with Crippen molar-refractivity contribution in [1.29, 1.82) is 0 Å². The van der Waals surface area contributed by atoms with Crippen molar-refractivity contribution in [3.8, 4) is 0 Å². The van der Waals surface area contributed by atoms with Crippen LogP contribution >= 0.6 is 0 Å². The van der Waals surface area contributed by atoms with Gasteiger partial charge in [-0.25, -0.2) is 28.2 Å². The van der Waals surface area contributed by atoms with Gasteiger partial charge in [-0.15, -0.1) is 0 Å². The van der Waals surface area contributed by atoms with Gasteiger partial charge in [0, 0.05) is 25.5 Å². The second kappa shape index (κ2) is 9.92. The molecule has 0 fully saturated rings. The second-order valence-electron chi connectivity index (χ2n) is 9.38. The van der Waals surface area contributed by atoms with Crippen LogP contribution in [-0.2, 0) is 27.3 Å². The number of aromatic nitrogens is 4. The fourth-order valence-electron chi connectivity index (χ4n) is 4.44. The highest BCUT2D eigenvalue weighted by atomic mass is 32.2. The van der Waals surface area contributed by atoms with Gasteiger partial charge < -0.3 is 14.2 Å². The lowest BCUT2D eigenvalue weighted by atomic mass is 10.0. The number of benzene rings is 1. The molecule has 0 saturated carbocycles. The lowest BCUT2D eigenvalue weighted by Gasteiger charge is -2.36. The highest BCUT2D eigenvalue weighted by Gasteiger charge is 2.40. The van der Waals surface area contributed by atoms with Crippen LogP contribution in [0.25, 0.3) is 11.0 Å². The van der Waals surface area contributed by atoms with Gasteiger partial charge in [0.2, 0.25) is 5.95 Å². The Balaban J connectivity index is 1.82. The Hall–Kier alpha value is -3.22. The van der Waals surface area contributed by atoms with Crippen LogP contribution in [0.4, 0.5) is 19.1 Å². The molecule has 4 rings (SSSR count). The van der Waals surface area contributed by atoms with E-state index in [2.05, 4.69) is 9.97 Å². The average Bonchev–Trinajstić information content (AvgIpc) is 3.19. The van der Waals surface area contributed by atoms with E-state index in [9.17, 15) is 26.4 Å². The third-order valence-electron chi connectivity index (χ3n) is 6.23. The van der Waals surface area contributed by atoms with Crippen molar-refractivity contribution < 1.29 is 31.1 Å². The fraction of sp³-hybridized carbons (Fsp3) is 0.500. The number of nitrogens with zero attached hydrogens (tertiary/aromatic N) is 5.